The van der Waals surface area contributed by atoms with Crippen molar-refractivity contribution in [3.05, 3.63) is 52.5 Å². The molecule has 24 heavy (non-hydrogen) atoms. The largest absolute Gasteiger partial charge is 0.493 e. The number of aryl methyl sites for hydroxylation is 1. The first-order valence-corrected chi connectivity index (χ1v) is 8.10. The molecule has 5 heteroatoms. The van der Waals surface area contributed by atoms with Gasteiger partial charge >= 0.3 is 0 Å². The smallest absolute Gasteiger partial charge is 0.227 e. The van der Waals surface area contributed by atoms with Crippen LogP contribution in [0.3, 0.4) is 0 Å². The van der Waals surface area contributed by atoms with E-state index in [1.165, 1.54) is 0 Å². The van der Waals surface area contributed by atoms with Gasteiger partial charge in [-0.15, -0.1) is 0 Å². The summed E-state index contributed by atoms with van der Waals surface area (Å²) >= 11 is 5.99. The van der Waals surface area contributed by atoms with E-state index < -0.39 is 0 Å². The fourth-order valence-electron chi connectivity index (χ4n) is 2.44. The van der Waals surface area contributed by atoms with Gasteiger partial charge in [-0.05, 0) is 48.7 Å². The van der Waals surface area contributed by atoms with Crippen LogP contribution in [0.4, 0.5) is 5.69 Å². The van der Waals surface area contributed by atoms with Gasteiger partial charge in [0.25, 0.3) is 0 Å². The topological polar surface area (TPSA) is 47.6 Å². The highest BCUT2D eigenvalue weighted by atomic mass is 35.5. The maximum atomic E-state index is 12.4. The van der Waals surface area contributed by atoms with Gasteiger partial charge in [-0.25, -0.2) is 0 Å². The molecule has 1 amide bonds. The molecule has 0 aliphatic rings. The van der Waals surface area contributed by atoms with Crippen molar-refractivity contribution in [2.24, 2.45) is 5.92 Å². The minimum Gasteiger partial charge on any atom is -0.493 e. The fourth-order valence-corrected chi connectivity index (χ4v) is 2.61. The Bertz CT molecular complexity index is 731. The molecule has 4 nitrogen and oxygen atoms in total. The van der Waals surface area contributed by atoms with Gasteiger partial charge < -0.3 is 14.8 Å². The maximum absolute atomic E-state index is 12.4. The summed E-state index contributed by atoms with van der Waals surface area (Å²) in [6, 6.07) is 11.1. The molecule has 0 heterocycles. The number of amides is 1. The number of halogens is 1. The first kappa shape index (κ1) is 18.1. The monoisotopic (exact) mass is 347 g/mol. The second kappa shape index (κ2) is 8.06. The zero-order chi connectivity index (χ0) is 17.7. The Morgan fingerprint density at radius 2 is 1.83 bits per heavy atom. The fraction of sp³-hybridized carbons (Fsp3) is 0.316. The number of methoxy groups -OCH3 is 2. The van der Waals surface area contributed by atoms with E-state index in [0.29, 0.717) is 22.9 Å². The molecular formula is C19H22ClNO3. The van der Waals surface area contributed by atoms with Crippen molar-refractivity contribution >= 4 is 23.2 Å². The summed E-state index contributed by atoms with van der Waals surface area (Å²) in [5, 5.41) is 3.54. The Morgan fingerprint density at radius 3 is 2.50 bits per heavy atom. The molecule has 0 fully saturated rings. The van der Waals surface area contributed by atoms with Crippen molar-refractivity contribution in [2.75, 3.05) is 19.5 Å². The molecule has 128 valence electrons. The number of carbonyl (C=O) groups is 1. The van der Waals surface area contributed by atoms with E-state index in [1.807, 2.05) is 38.1 Å². The van der Waals surface area contributed by atoms with Gasteiger partial charge in [0.15, 0.2) is 11.5 Å². The molecule has 2 aromatic carbocycles. The third kappa shape index (κ3) is 4.42. The van der Waals surface area contributed by atoms with E-state index in [0.717, 1.165) is 16.8 Å². The third-order valence-electron chi connectivity index (χ3n) is 3.89. The zero-order valence-electron chi connectivity index (χ0n) is 14.4. The van der Waals surface area contributed by atoms with Gasteiger partial charge in [-0.3, -0.25) is 4.79 Å². The lowest BCUT2D eigenvalue weighted by atomic mass is 9.99. The summed E-state index contributed by atoms with van der Waals surface area (Å²) in [7, 11) is 3.20. The lowest BCUT2D eigenvalue weighted by molar-refractivity contribution is -0.119. The third-order valence-corrected chi connectivity index (χ3v) is 4.13. The summed E-state index contributed by atoms with van der Waals surface area (Å²) in [4.78, 5) is 12.4. The van der Waals surface area contributed by atoms with Crippen molar-refractivity contribution in [1.82, 2.24) is 0 Å². The van der Waals surface area contributed by atoms with Gasteiger partial charge in [0.2, 0.25) is 5.91 Å². The van der Waals surface area contributed by atoms with E-state index in [4.69, 9.17) is 21.1 Å². The van der Waals surface area contributed by atoms with Gasteiger partial charge in [-0.2, -0.15) is 0 Å². The number of carbonyl (C=O) groups excluding carboxylic acids is 1. The predicted octanol–water partition coefficient (Wildman–Crippen LogP) is 4.48. The number of anilines is 1. The molecule has 0 bridgehead atoms. The highest BCUT2D eigenvalue weighted by molar-refractivity contribution is 6.31. The number of benzene rings is 2. The zero-order valence-corrected chi connectivity index (χ0v) is 15.1. The Balaban J connectivity index is 2.07. The molecule has 0 aliphatic carbocycles. The Kier molecular flexibility index (Phi) is 6.10. The summed E-state index contributed by atoms with van der Waals surface area (Å²) in [6.45, 7) is 3.83. The molecule has 0 radical (unpaired) electrons. The highest BCUT2D eigenvalue weighted by Gasteiger charge is 2.16. The van der Waals surface area contributed by atoms with Crippen molar-refractivity contribution in [3.63, 3.8) is 0 Å². The van der Waals surface area contributed by atoms with Crippen LogP contribution in [-0.4, -0.2) is 20.1 Å². The van der Waals surface area contributed by atoms with Gasteiger partial charge in [0, 0.05) is 16.6 Å². The SMILES string of the molecule is COc1ccc(CC(C)C(=O)Nc2cc(Cl)ccc2C)cc1OC. The first-order valence-electron chi connectivity index (χ1n) is 7.72. The first-order chi connectivity index (χ1) is 11.4. The highest BCUT2D eigenvalue weighted by Crippen LogP contribution is 2.29. The molecule has 2 rings (SSSR count). The van der Waals surface area contributed by atoms with Crippen molar-refractivity contribution in [1.29, 1.82) is 0 Å². The van der Waals surface area contributed by atoms with Crippen LogP contribution in [0.5, 0.6) is 11.5 Å². The van der Waals surface area contributed by atoms with Crippen LogP contribution < -0.4 is 14.8 Å². The molecule has 2 aromatic rings. The second-order valence-corrected chi connectivity index (χ2v) is 6.18. The molecule has 1 N–H and O–H groups in total. The number of nitrogens with one attached hydrogen (secondary N) is 1. The molecule has 1 unspecified atom stereocenters. The van der Waals surface area contributed by atoms with Gasteiger partial charge in [-0.1, -0.05) is 30.7 Å². The minimum atomic E-state index is -0.193. The van der Waals surface area contributed by atoms with E-state index in [2.05, 4.69) is 5.32 Å². The molecule has 0 saturated heterocycles. The average Bonchev–Trinajstić information content (AvgIpc) is 2.57. The predicted molar refractivity (Wildman–Crippen MR) is 97.2 cm³/mol. The molecule has 0 aromatic heterocycles. The van der Waals surface area contributed by atoms with Crippen LogP contribution >= 0.6 is 11.6 Å². The van der Waals surface area contributed by atoms with Crippen LogP contribution in [0.2, 0.25) is 5.02 Å². The van der Waals surface area contributed by atoms with Crippen LogP contribution in [0.15, 0.2) is 36.4 Å². The molecule has 0 aliphatic heterocycles. The summed E-state index contributed by atoms with van der Waals surface area (Å²) < 4.78 is 10.5. The van der Waals surface area contributed by atoms with Crippen molar-refractivity contribution in [2.45, 2.75) is 20.3 Å². The van der Waals surface area contributed by atoms with Crippen LogP contribution in [0.25, 0.3) is 0 Å². The molecule has 0 spiro atoms. The lowest BCUT2D eigenvalue weighted by Gasteiger charge is -2.15. The van der Waals surface area contributed by atoms with Crippen LogP contribution in [-0.2, 0) is 11.2 Å². The number of hydrogen-bond donors (Lipinski definition) is 1. The van der Waals surface area contributed by atoms with E-state index in [9.17, 15) is 4.79 Å². The Labute approximate surface area is 147 Å². The summed E-state index contributed by atoms with van der Waals surface area (Å²) in [6.07, 6.45) is 0.603. The minimum absolute atomic E-state index is 0.0462. The molecule has 1 atom stereocenters. The van der Waals surface area contributed by atoms with Crippen LogP contribution in [0.1, 0.15) is 18.1 Å². The molecular weight excluding hydrogens is 326 g/mol. The van der Waals surface area contributed by atoms with Gasteiger partial charge in [0.1, 0.15) is 0 Å². The number of rotatable bonds is 6. The molecule has 0 saturated carbocycles. The lowest BCUT2D eigenvalue weighted by Crippen LogP contribution is -2.22. The van der Waals surface area contributed by atoms with E-state index >= 15 is 0 Å². The quantitative estimate of drug-likeness (QED) is 0.837. The maximum Gasteiger partial charge on any atom is 0.227 e. The van der Waals surface area contributed by atoms with Crippen molar-refractivity contribution < 1.29 is 14.3 Å². The normalized spacial score (nSPS) is 11.7. The number of ether oxygens (including phenoxy) is 2. The Morgan fingerprint density at radius 1 is 1.12 bits per heavy atom. The van der Waals surface area contributed by atoms with Crippen LogP contribution in [0, 0.1) is 12.8 Å². The van der Waals surface area contributed by atoms with E-state index in [1.54, 1.807) is 26.4 Å². The number of hydrogen-bond acceptors (Lipinski definition) is 3. The standard InChI is InChI=1S/C19H22ClNO3/c1-12-5-7-15(20)11-16(12)21-19(22)13(2)9-14-6-8-17(23-3)18(10-14)24-4/h5-8,10-11,13H,9H2,1-4H3,(H,21,22). The summed E-state index contributed by atoms with van der Waals surface area (Å²) in [5.41, 5.74) is 2.73. The summed E-state index contributed by atoms with van der Waals surface area (Å²) in [5.74, 6) is 1.10. The van der Waals surface area contributed by atoms with E-state index in [-0.39, 0.29) is 11.8 Å². The van der Waals surface area contributed by atoms with Gasteiger partial charge in [0.05, 0.1) is 14.2 Å². The Hall–Kier alpha value is -2.20. The average molecular weight is 348 g/mol. The van der Waals surface area contributed by atoms with Crippen molar-refractivity contribution in [3.8, 4) is 11.5 Å². The second-order valence-electron chi connectivity index (χ2n) is 5.74.